The fraction of sp³-hybridized carbons (Fsp3) is 0.667. The summed E-state index contributed by atoms with van der Waals surface area (Å²) in [4.78, 5) is 12.6. The Morgan fingerprint density at radius 2 is 1.65 bits per heavy atom. The van der Waals surface area contributed by atoms with E-state index in [0.29, 0.717) is 0 Å². The Balaban J connectivity index is 1.22. The molecule has 0 heterocycles. The van der Waals surface area contributed by atoms with E-state index in [9.17, 15) is 9.18 Å². The highest BCUT2D eigenvalue weighted by molar-refractivity contribution is 6.30. The largest absolute Gasteiger partial charge is 0.426 e. The van der Waals surface area contributed by atoms with E-state index in [1.54, 1.807) is 6.07 Å². The van der Waals surface area contributed by atoms with Crippen molar-refractivity contribution < 1.29 is 13.9 Å². The number of allylic oxidation sites excluding steroid dienone is 1. The van der Waals surface area contributed by atoms with Gasteiger partial charge in [0.25, 0.3) is 0 Å². The van der Waals surface area contributed by atoms with Gasteiger partial charge in [-0.2, -0.15) is 0 Å². The number of ether oxygens (including phenoxy) is 1. The van der Waals surface area contributed by atoms with Gasteiger partial charge in [0, 0.05) is 6.07 Å². The van der Waals surface area contributed by atoms with E-state index >= 15 is 0 Å². The molecule has 31 heavy (non-hydrogen) atoms. The Bertz CT molecular complexity index is 770. The van der Waals surface area contributed by atoms with Gasteiger partial charge in [-0.25, -0.2) is 4.39 Å². The van der Waals surface area contributed by atoms with Gasteiger partial charge in [-0.3, -0.25) is 4.79 Å². The summed E-state index contributed by atoms with van der Waals surface area (Å²) in [5.74, 6) is 3.81. The van der Waals surface area contributed by atoms with E-state index in [2.05, 4.69) is 12.7 Å². The topological polar surface area (TPSA) is 26.3 Å². The maximum atomic E-state index is 13.6. The minimum absolute atomic E-state index is 0.0419. The molecule has 0 radical (unpaired) electrons. The average molecular weight is 447 g/mol. The van der Waals surface area contributed by atoms with Crippen LogP contribution in [0.5, 0.6) is 5.75 Å². The average Bonchev–Trinajstić information content (AvgIpc) is 2.79. The normalized spacial score (nSPS) is 33.4. The van der Waals surface area contributed by atoms with Crippen LogP contribution in [0, 0.1) is 41.3 Å². The predicted molar refractivity (Wildman–Crippen MR) is 124 cm³/mol. The molecule has 4 heteroatoms. The van der Waals surface area contributed by atoms with Crippen LogP contribution in [0.3, 0.4) is 0 Å². The molecular weight excluding hydrogens is 411 g/mol. The summed E-state index contributed by atoms with van der Waals surface area (Å²) in [5.41, 5.74) is 0. The highest BCUT2D eigenvalue weighted by Crippen LogP contribution is 2.49. The first kappa shape index (κ1) is 22.8. The van der Waals surface area contributed by atoms with Crippen LogP contribution in [0.25, 0.3) is 0 Å². The third-order valence-corrected chi connectivity index (χ3v) is 8.73. The molecule has 4 atom stereocenters. The van der Waals surface area contributed by atoms with E-state index < -0.39 is 5.82 Å². The molecule has 3 aliphatic carbocycles. The SMILES string of the molecule is C=CCCC1CCC2CC(C3CCC(C(=O)Oc4ccc(Cl)c(F)c4)CC3)CCC2C1. The van der Waals surface area contributed by atoms with Gasteiger partial charge in [-0.15, -0.1) is 6.58 Å². The van der Waals surface area contributed by atoms with Gasteiger partial charge in [-0.1, -0.05) is 24.1 Å². The second-order valence-electron chi connectivity index (χ2n) is 10.2. The van der Waals surface area contributed by atoms with Gasteiger partial charge in [0.05, 0.1) is 10.9 Å². The Morgan fingerprint density at radius 1 is 1.00 bits per heavy atom. The first-order valence-corrected chi connectivity index (χ1v) is 12.7. The van der Waals surface area contributed by atoms with Crippen molar-refractivity contribution in [1.82, 2.24) is 0 Å². The number of rotatable bonds is 6. The van der Waals surface area contributed by atoms with Gasteiger partial charge < -0.3 is 4.74 Å². The lowest BCUT2D eigenvalue weighted by Crippen LogP contribution is -2.35. The number of hydrogen-bond acceptors (Lipinski definition) is 2. The van der Waals surface area contributed by atoms with Crippen molar-refractivity contribution in [3.63, 3.8) is 0 Å². The molecule has 0 bridgehead atoms. The maximum Gasteiger partial charge on any atom is 0.314 e. The Labute approximate surface area is 191 Å². The number of halogens is 2. The lowest BCUT2D eigenvalue weighted by atomic mass is 9.60. The van der Waals surface area contributed by atoms with Gasteiger partial charge >= 0.3 is 5.97 Å². The van der Waals surface area contributed by atoms with Crippen LogP contribution in [0.15, 0.2) is 30.9 Å². The number of hydrogen-bond donors (Lipinski definition) is 0. The number of carbonyl (C=O) groups is 1. The summed E-state index contributed by atoms with van der Waals surface area (Å²) in [6.45, 7) is 3.88. The predicted octanol–water partition coefficient (Wildman–Crippen LogP) is 7.99. The zero-order valence-electron chi connectivity index (χ0n) is 18.5. The molecule has 2 nitrogen and oxygen atoms in total. The first-order valence-electron chi connectivity index (χ1n) is 12.3. The molecule has 0 aliphatic heterocycles. The molecule has 4 rings (SSSR count). The van der Waals surface area contributed by atoms with Crippen molar-refractivity contribution in [2.75, 3.05) is 0 Å². The zero-order valence-corrected chi connectivity index (χ0v) is 19.3. The molecule has 3 saturated carbocycles. The number of carbonyl (C=O) groups excluding carboxylic acids is 1. The highest BCUT2D eigenvalue weighted by atomic mass is 35.5. The van der Waals surface area contributed by atoms with Gasteiger partial charge in [-0.05, 0) is 112 Å². The summed E-state index contributed by atoms with van der Waals surface area (Å²) in [5, 5.41) is 0.0419. The molecule has 1 aromatic carbocycles. The van der Waals surface area contributed by atoms with Crippen molar-refractivity contribution in [3.05, 3.63) is 41.7 Å². The summed E-state index contributed by atoms with van der Waals surface area (Å²) < 4.78 is 19.0. The molecular formula is C27H36ClFO2. The van der Waals surface area contributed by atoms with Crippen LogP contribution in [-0.4, -0.2) is 5.97 Å². The first-order chi connectivity index (χ1) is 15.0. The fourth-order valence-electron chi connectivity index (χ4n) is 6.63. The van der Waals surface area contributed by atoms with Gasteiger partial charge in [0.2, 0.25) is 0 Å². The minimum atomic E-state index is -0.555. The number of benzene rings is 1. The van der Waals surface area contributed by atoms with Crippen LogP contribution in [0.1, 0.15) is 77.0 Å². The summed E-state index contributed by atoms with van der Waals surface area (Å²) in [6.07, 6.45) is 17.1. The maximum absolute atomic E-state index is 13.6. The van der Waals surface area contributed by atoms with E-state index in [4.69, 9.17) is 16.3 Å². The Hall–Kier alpha value is -1.35. The fourth-order valence-corrected chi connectivity index (χ4v) is 6.75. The molecule has 0 amide bonds. The van der Waals surface area contributed by atoms with Crippen molar-refractivity contribution in [2.24, 2.45) is 35.5 Å². The third kappa shape index (κ3) is 5.72. The Kier molecular flexibility index (Phi) is 7.74. The van der Waals surface area contributed by atoms with Crippen molar-refractivity contribution >= 4 is 17.6 Å². The van der Waals surface area contributed by atoms with Crippen molar-refractivity contribution in [3.8, 4) is 5.75 Å². The molecule has 0 saturated heterocycles. The van der Waals surface area contributed by atoms with Gasteiger partial charge in [0.1, 0.15) is 11.6 Å². The number of fused-ring (bicyclic) bond motifs is 1. The highest BCUT2D eigenvalue weighted by Gasteiger charge is 2.39. The van der Waals surface area contributed by atoms with Crippen LogP contribution < -0.4 is 4.74 Å². The van der Waals surface area contributed by atoms with Crippen LogP contribution in [0.4, 0.5) is 4.39 Å². The monoisotopic (exact) mass is 446 g/mol. The minimum Gasteiger partial charge on any atom is -0.426 e. The molecule has 1 aromatic rings. The lowest BCUT2D eigenvalue weighted by molar-refractivity contribution is -0.140. The van der Waals surface area contributed by atoms with E-state index in [0.717, 1.165) is 55.3 Å². The third-order valence-electron chi connectivity index (χ3n) is 8.42. The van der Waals surface area contributed by atoms with E-state index in [1.165, 1.54) is 63.5 Å². The quantitative estimate of drug-likeness (QED) is 0.251. The zero-order chi connectivity index (χ0) is 21.8. The molecule has 4 unspecified atom stereocenters. The van der Waals surface area contributed by atoms with Crippen LogP contribution in [-0.2, 0) is 4.79 Å². The molecule has 0 N–H and O–H groups in total. The van der Waals surface area contributed by atoms with Gasteiger partial charge in [0.15, 0.2) is 0 Å². The lowest BCUT2D eigenvalue weighted by Gasteiger charge is -2.45. The van der Waals surface area contributed by atoms with Crippen molar-refractivity contribution in [2.45, 2.75) is 77.0 Å². The number of esters is 1. The summed E-state index contributed by atoms with van der Waals surface area (Å²) in [6, 6.07) is 4.18. The molecule has 170 valence electrons. The van der Waals surface area contributed by atoms with Crippen LogP contribution >= 0.6 is 11.6 Å². The molecule has 0 spiro atoms. The van der Waals surface area contributed by atoms with Crippen molar-refractivity contribution in [1.29, 1.82) is 0 Å². The second-order valence-corrected chi connectivity index (χ2v) is 10.7. The van der Waals surface area contributed by atoms with E-state index in [-0.39, 0.29) is 22.7 Å². The second kappa shape index (κ2) is 10.5. The van der Waals surface area contributed by atoms with E-state index in [1.807, 2.05) is 0 Å². The standard InChI is InChI=1S/C27H36ClFO2/c1-2-3-4-18-5-6-23-16-22(12-11-21(23)15-18)19-7-9-20(10-8-19)27(30)31-24-13-14-25(28)26(29)17-24/h2,13-14,17-23H,1,3-12,15-16H2. The molecule has 3 aliphatic rings. The molecule has 3 fully saturated rings. The smallest absolute Gasteiger partial charge is 0.314 e. The molecule has 0 aromatic heterocycles. The summed E-state index contributed by atoms with van der Waals surface area (Å²) in [7, 11) is 0. The Morgan fingerprint density at radius 3 is 2.35 bits per heavy atom. The van der Waals surface area contributed by atoms with Crippen LogP contribution in [0.2, 0.25) is 5.02 Å². The summed E-state index contributed by atoms with van der Waals surface area (Å²) >= 11 is 5.71.